The highest BCUT2D eigenvalue weighted by Crippen LogP contribution is 2.45. The molecule has 38 heavy (non-hydrogen) atoms. The molecular formula is C37H25N. The summed E-state index contributed by atoms with van der Waals surface area (Å²) in [7, 11) is 0. The first-order valence-electron chi connectivity index (χ1n) is 13.0. The van der Waals surface area contributed by atoms with Crippen molar-refractivity contribution in [3.63, 3.8) is 0 Å². The number of fused-ring (bicyclic) bond motifs is 2. The van der Waals surface area contributed by atoms with Gasteiger partial charge in [-0.05, 0) is 61.5 Å². The van der Waals surface area contributed by atoms with Crippen LogP contribution in [0.2, 0.25) is 0 Å². The number of hydrogen-bond donors (Lipinski definition) is 0. The predicted octanol–water partition coefficient (Wildman–Crippen LogP) is 10.1. The summed E-state index contributed by atoms with van der Waals surface area (Å²) in [5, 5.41) is 5.03. The van der Waals surface area contributed by atoms with Gasteiger partial charge in [0.05, 0.1) is 5.69 Å². The van der Waals surface area contributed by atoms with Crippen LogP contribution in [0.1, 0.15) is 0 Å². The summed E-state index contributed by atoms with van der Waals surface area (Å²) in [4.78, 5) is 4.80. The van der Waals surface area contributed by atoms with Gasteiger partial charge in [0.25, 0.3) is 0 Å². The van der Waals surface area contributed by atoms with Crippen LogP contribution in [0.5, 0.6) is 0 Å². The van der Waals surface area contributed by atoms with Gasteiger partial charge in [0, 0.05) is 17.3 Å². The third-order valence-corrected chi connectivity index (χ3v) is 7.31. The van der Waals surface area contributed by atoms with E-state index in [4.69, 9.17) is 4.98 Å². The summed E-state index contributed by atoms with van der Waals surface area (Å²) in [6.45, 7) is 0. The molecule has 7 aromatic rings. The smallest absolute Gasteiger partial charge is 0.0780 e. The molecule has 0 aliphatic rings. The summed E-state index contributed by atoms with van der Waals surface area (Å²) in [5.41, 5.74) is 9.41. The lowest BCUT2D eigenvalue weighted by molar-refractivity contribution is 1.33. The van der Waals surface area contributed by atoms with Gasteiger partial charge in [-0.3, -0.25) is 4.98 Å². The van der Waals surface area contributed by atoms with E-state index >= 15 is 0 Å². The fraction of sp³-hybridized carbons (Fsp3) is 0. The van der Waals surface area contributed by atoms with Gasteiger partial charge in [-0.25, -0.2) is 0 Å². The first-order valence-corrected chi connectivity index (χ1v) is 13.0. The molecule has 6 aromatic carbocycles. The molecule has 0 spiro atoms. The maximum Gasteiger partial charge on any atom is 0.0780 e. The van der Waals surface area contributed by atoms with Crippen LogP contribution in [0.3, 0.4) is 0 Å². The quantitative estimate of drug-likeness (QED) is 0.227. The van der Waals surface area contributed by atoms with Gasteiger partial charge in [0.1, 0.15) is 0 Å². The van der Waals surface area contributed by atoms with Crippen LogP contribution in [0.4, 0.5) is 0 Å². The van der Waals surface area contributed by atoms with E-state index in [2.05, 4.69) is 133 Å². The molecule has 0 radical (unpaired) electrons. The summed E-state index contributed by atoms with van der Waals surface area (Å²) in [5.74, 6) is 0. The Kier molecular flexibility index (Phi) is 5.53. The van der Waals surface area contributed by atoms with Gasteiger partial charge in [-0.1, -0.05) is 133 Å². The van der Waals surface area contributed by atoms with E-state index in [0.717, 1.165) is 22.4 Å². The molecule has 0 bridgehead atoms. The Morgan fingerprint density at radius 2 is 0.842 bits per heavy atom. The van der Waals surface area contributed by atoms with E-state index in [1.807, 2.05) is 18.3 Å². The molecule has 0 atom stereocenters. The van der Waals surface area contributed by atoms with Crippen molar-refractivity contribution in [3.05, 3.63) is 152 Å². The fourth-order valence-corrected chi connectivity index (χ4v) is 5.64. The third-order valence-electron chi connectivity index (χ3n) is 7.31. The van der Waals surface area contributed by atoms with Crippen molar-refractivity contribution >= 4 is 21.5 Å². The third kappa shape index (κ3) is 3.77. The van der Waals surface area contributed by atoms with Gasteiger partial charge in [-0.2, -0.15) is 0 Å². The Labute approximate surface area is 222 Å². The Hall–Kier alpha value is -5.01. The SMILES string of the molecule is c1ccc(-c2ncccc2-c2ccc3c(-c4ccccc4)c4ccccc4c(-c4ccccc4)c3c2)cc1. The molecule has 0 unspecified atom stereocenters. The molecular weight excluding hydrogens is 458 g/mol. The number of benzene rings is 6. The van der Waals surface area contributed by atoms with Gasteiger partial charge in [-0.15, -0.1) is 0 Å². The van der Waals surface area contributed by atoms with Gasteiger partial charge >= 0.3 is 0 Å². The van der Waals surface area contributed by atoms with E-state index in [-0.39, 0.29) is 0 Å². The van der Waals surface area contributed by atoms with Crippen LogP contribution >= 0.6 is 0 Å². The summed E-state index contributed by atoms with van der Waals surface area (Å²) in [6, 6.07) is 51.9. The zero-order chi connectivity index (χ0) is 25.3. The molecule has 1 nitrogen and oxygen atoms in total. The number of hydrogen-bond acceptors (Lipinski definition) is 1. The number of aromatic nitrogens is 1. The number of nitrogens with zero attached hydrogens (tertiary/aromatic N) is 1. The molecule has 0 aliphatic heterocycles. The van der Waals surface area contributed by atoms with Crippen LogP contribution < -0.4 is 0 Å². The minimum absolute atomic E-state index is 0.998. The maximum atomic E-state index is 4.80. The Bertz CT molecular complexity index is 1890. The molecule has 0 fully saturated rings. The van der Waals surface area contributed by atoms with Crippen LogP contribution in [-0.4, -0.2) is 4.98 Å². The monoisotopic (exact) mass is 483 g/mol. The highest BCUT2D eigenvalue weighted by atomic mass is 14.7. The van der Waals surface area contributed by atoms with E-state index in [1.54, 1.807) is 0 Å². The van der Waals surface area contributed by atoms with Crippen molar-refractivity contribution in [3.8, 4) is 44.6 Å². The second-order valence-corrected chi connectivity index (χ2v) is 9.55. The molecule has 1 heterocycles. The molecule has 0 N–H and O–H groups in total. The number of pyridine rings is 1. The molecule has 7 rings (SSSR count). The van der Waals surface area contributed by atoms with Crippen molar-refractivity contribution in [2.24, 2.45) is 0 Å². The summed E-state index contributed by atoms with van der Waals surface area (Å²) in [6.07, 6.45) is 1.88. The standard InChI is InChI=1S/C37H25N/c1-4-13-26(14-5-1)35-31-19-10-11-20-32(31)36(27-15-6-2-7-16-27)34-25-29(22-23-33(34)35)30-21-12-24-38-37(30)28-17-8-3-9-18-28/h1-25H. The topological polar surface area (TPSA) is 12.9 Å². The van der Waals surface area contributed by atoms with Crippen molar-refractivity contribution in [1.82, 2.24) is 4.98 Å². The van der Waals surface area contributed by atoms with Gasteiger partial charge in [0.15, 0.2) is 0 Å². The highest BCUT2D eigenvalue weighted by Gasteiger charge is 2.18. The van der Waals surface area contributed by atoms with Crippen molar-refractivity contribution in [2.75, 3.05) is 0 Å². The summed E-state index contributed by atoms with van der Waals surface area (Å²) >= 11 is 0. The largest absolute Gasteiger partial charge is 0.256 e. The van der Waals surface area contributed by atoms with Crippen LogP contribution in [0, 0.1) is 0 Å². The highest BCUT2D eigenvalue weighted by molar-refractivity contribution is 6.22. The van der Waals surface area contributed by atoms with Crippen LogP contribution in [-0.2, 0) is 0 Å². The second-order valence-electron chi connectivity index (χ2n) is 9.55. The summed E-state index contributed by atoms with van der Waals surface area (Å²) < 4.78 is 0. The molecule has 0 saturated heterocycles. The maximum absolute atomic E-state index is 4.80. The van der Waals surface area contributed by atoms with Crippen LogP contribution in [0.15, 0.2) is 152 Å². The van der Waals surface area contributed by atoms with Gasteiger partial charge in [0.2, 0.25) is 0 Å². The Morgan fingerprint density at radius 3 is 1.45 bits per heavy atom. The average molecular weight is 484 g/mol. The lowest BCUT2D eigenvalue weighted by atomic mass is 9.84. The van der Waals surface area contributed by atoms with Crippen molar-refractivity contribution < 1.29 is 0 Å². The molecule has 1 heteroatoms. The first kappa shape index (κ1) is 22.2. The van der Waals surface area contributed by atoms with Crippen molar-refractivity contribution in [1.29, 1.82) is 0 Å². The average Bonchev–Trinajstić information content (AvgIpc) is 3.01. The van der Waals surface area contributed by atoms with E-state index in [1.165, 1.54) is 43.8 Å². The minimum Gasteiger partial charge on any atom is -0.256 e. The fourth-order valence-electron chi connectivity index (χ4n) is 5.64. The zero-order valence-electron chi connectivity index (χ0n) is 20.9. The van der Waals surface area contributed by atoms with Gasteiger partial charge < -0.3 is 0 Å². The normalized spacial score (nSPS) is 11.2. The second kappa shape index (κ2) is 9.46. The van der Waals surface area contributed by atoms with Crippen LogP contribution in [0.25, 0.3) is 66.2 Å². The zero-order valence-corrected chi connectivity index (χ0v) is 20.9. The van der Waals surface area contributed by atoms with E-state index < -0.39 is 0 Å². The Balaban J connectivity index is 1.60. The number of rotatable bonds is 4. The predicted molar refractivity (Wildman–Crippen MR) is 161 cm³/mol. The van der Waals surface area contributed by atoms with E-state index in [9.17, 15) is 0 Å². The molecule has 1 aromatic heterocycles. The Morgan fingerprint density at radius 1 is 0.342 bits per heavy atom. The molecule has 0 amide bonds. The first-order chi connectivity index (χ1) is 18.9. The lowest BCUT2D eigenvalue weighted by Crippen LogP contribution is -1.93. The molecule has 178 valence electrons. The van der Waals surface area contributed by atoms with Crippen molar-refractivity contribution in [2.45, 2.75) is 0 Å². The lowest BCUT2D eigenvalue weighted by Gasteiger charge is -2.19. The molecule has 0 aliphatic carbocycles. The minimum atomic E-state index is 0.998. The van der Waals surface area contributed by atoms with E-state index in [0.29, 0.717) is 0 Å². The molecule has 0 saturated carbocycles.